The molecule has 0 spiro atoms. The average Bonchev–Trinajstić information content (AvgIpc) is 2.96. The zero-order chi connectivity index (χ0) is 11.1. The number of nitrogens with zero attached hydrogens (tertiary/aromatic N) is 2. The van der Waals surface area contributed by atoms with Gasteiger partial charge >= 0.3 is 6.03 Å². The molecule has 6 nitrogen and oxygen atoms in total. The predicted molar refractivity (Wildman–Crippen MR) is 56.6 cm³/mol. The van der Waals surface area contributed by atoms with Crippen LogP contribution in [0.3, 0.4) is 0 Å². The quantitative estimate of drug-likeness (QED) is 0.724. The van der Waals surface area contributed by atoms with Gasteiger partial charge < -0.3 is 20.4 Å². The Bertz CT molecular complexity index is 424. The number of fused-ring (bicyclic) bond motifs is 1. The maximum Gasteiger partial charge on any atom is 0.318 e. The summed E-state index contributed by atoms with van der Waals surface area (Å²) in [5.74, 6) is 0.717. The molecule has 16 heavy (non-hydrogen) atoms. The molecule has 86 valence electrons. The highest BCUT2D eigenvalue weighted by molar-refractivity contribution is 5.75. The molecule has 0 aromatic carbocycles. The van der Waals surface area contributed by atoms with E-state index in [2.05, 4.69) is 10.3 Å². The summed E-state index contributed by atoms with van der Waals surface area (Å²) in [4.78, 5) is 17.6. The van der Waals surface area contributed by atoms with Crippen LogP contribution in [-0.4, -0.2) is 28.5 Å². The minimum atomic E-state index is -0.0110. The number of aromatic nitrogens is 1. The maximum absolute atomic E-state index is 11.8. The van der Waals surface area contributed by atoms with Gasteiger partial charge in [-0.05, 0) is 12.8 Å². The van der Waals surface area contributed by atoms with Gasteiger partial charge in [0.2, 0.25) is 0 Å². The van der Waals surface area contributed by atoms with E-state index in [1.165, 1.54) is 0 Å². The van der Waals surface area contributed by atoms with Crippen LogP contribution in [0, 0.1) is 0 Å². The predicted octanol–water partition coefficient (Wildman–Crippen LogP) is 0.487. The molecule has 1 aromatic heterocycles. The Kier molecular flexibility index (Phi) is 2.02. The van der Waals surface area contributed by atoms with Crippen molar-refractivity contribution in [1.29, 1.82) is 0 Å². The van der Waals surface area contributed by atoms with Crippen molar-refractivity contribution in [3.05, 3.63) is 11.5 Å². The number of nitrogen functional groups attached to an aromatic ring is 1. The zero-order valence-corrected chi connectivity index (χ0v) is 8.90. The van der Waals surface area contributed by atoms with Crippen LogP contribution >= 0.6 is 0 Å². The van der Waals surface area contributed by atoms with Crippen LogP contribution in [-0.2, 0) is 13.0 Å². The minimum absolute atomic E-state index is 0.0110. The summed E-state index contributed by atoms with van der Waals surface area (Å²) >= 11 is 0. The molecule has 3 rings (SSSR count). The number of nitrogens with one attached hydrogen (secondary N) is 1. The van der Waals surface area contributed by atoms with Gasteiger partial charge in [-0.3, -0.25) is 0 Å². The van der Waals surface area contributed by atoms with Crippen LogP contribution in [0.5, 0.6) is 0 Å². The van der Waals surface area contributed by atoms with Crippen molar-refractivity contribution < 1.29 is 9.21 Å². The Morgan fingerprint density at radius 2 is 2.38 bits per heavy atom. The number of nitrogens with two attached hydrogens (primary N) is 1. The van der Waals surface area contributed by atoms with Crippen LogP contribution in [0.15, 0.2) is 4.42 Å². The number of hydrogen-bond donors (Lipinski definition) is 2. The van der Waals surface area contributed by atoms with Gasteiger partial charge in [-0.2, -0.15) is 4.98 Å². The molecule has 2 amide bonds. The smallest absolute Gasteiger partial charge is 0.318 e. The van der Waals surface area contributed by atoms with E-state index in [-0.39, 0.29) is 12.0 Å². The van der Waals surface area contributed by atoms with E-state index in [1.807, 2.05) is 0 Å². The molecule has 1 fully saturated rings. The lowest BCUT2D eigenvalue weighted by Gasteiger charge is -2.25. The number of carbonyl (C=O) groups excluding carboxylic acids is 1. The number of urea groups is 1. The molecule has 3 N–H and O–H groups in total. The average molecular weight is 222 g/mol. The lowest BCUT2D eigenvalue weighted by Crippen LogP contribution is -2.43. The first kappa shape index (κ1) is 9.50. The van der Waals surface area contributed by atoms with E-state index in [1.54, 1.807) is 4.90 Å². The first-order valence-electron chi connectivity index (χ1n) is 5.52. The first-order valence-corrected chi connectivity index (χ1v) is 5.52. The second-order valence-electron chi connectivity index (χ2n) is 4.32. The Balaban J connectivity index is 1.69. The van der Waals surface area contributed by atoms with Gasteiger partial charge in [0.05, 0.1) is 12.2 Å². The van der Waals surface area contributed by atoms with E-state index in [0.29, 0.717) is 25.6 Å². The monoisotopic (exact) mass is 222 g/mol. The number of amides is 2. The third kappa shape index (κ3) is 1.70. The van der Waals surface area contributed by atoms with Gasteiger partial charge in [0.1, 0.15) is 5.76 Å². The highest BCUT2D eigenvalue weighted by Gasteiger charge is 2.29. The number of oxazole rings is 1. The number of anilines is 1. The molecule has 1 aliphatic carbocycles. The standard InChI is InChI=1S/C10H14N4O2/c11-9-13-7-3-4-14(5-8(7)16-9)10(15)12-6-1-2-6/h6H,1-5H2,(H2,11,13)(H,12,15). The molecule has 2 heterocycles. The van der Waals surface area contributed by atoms with E-state index in [0.717, 1.165) is 24.3 Å². The van der Waals surface area contributed by atoms with Gasteiger partial charge in [-0.15, -0.1) is 0 Å². The third-order valence-corrected chi connectivity index (χ3v) is 2.94. The number of carbonyl (C=O) groups is 1. The molecule has 1 aromatic rings. The Morgan fingerprint density at radius 3 is 3.12 bits per heavy atom. The van der Waals surface area contributed by atoms with Crippen molar-refractivity contribution in [1.82, 2.24) is 15.2 Å². The zero-order valence-electron chi connectivity index (χ0n) is 8.90. The number of rotatable bonds is 1. The van der Waals surface area contributed by atoms with Crippen molar-refractivity contribution >= 4 is 12.0 Å². The molecule has 0 saturated heterocycles. The van der Waals surface area contributed by atoms with E-state index >= 15 is 0 Å². The molecule has 0 unspecified atom stereocenters. The van der Waals surface area contributed by atoms with Crippen molar-refractivity contribution in [2.24, 2.45) is 0 Å². The van der Waals surface area contributed by atoms with Crippen LogP contribution in [0.25, 0.3) is 0 Å². The SMILES string of the molecule is Nc1nc2c(o1)CN(C(=O)NC1CC1)CC2. The summed E-state index contributed by atoms with van der Waals surface area (Å²) in [6.45, 7) is 1.15. The van der Waals surface area contributed by atoms with Gasteiger partial charge in [0, 0.05) is 19.0 Å². The molecular formula is C10H14N4O2. The molecule has 1 saturated carbocycles. The summed E-state index contributed by atoms with van der Waals surface area (Å²) in [6, 6.07) is 0.561. The fourth-order valence-corrected chi connectivity index (χ4v) is 1.88. The Morgan fingerprint density at radius 1 is 1.56 bits per heavy atom. The normalized spacial score (nSPS) is 19.4. The van der Waals surface area contributed by atoms with Crippen molar-refractivity contribution in [3.63, 3.8) is 0 Å². The fraction of sp³-hybridized carbons (Fsp3) is 0.600. The van der Waals surface area contributed by atoms with E-state index in [9.17, 15) is 4.79 Å². The Labute approximate surface area is 92.8 Å². The molecule has 0 atom stereocenters. The van der Waals surface area contributed by atoms with Crippen molar-refractivity contribution in [2.75, 3.05) is 12.3 Å². The van der Waals surface area contributed by atoms with Gasteiger partial charge in [-0.1, -0.05) is 0 Å². The van der Waals surface area contributed by atoms with Gasteiger partial charge in [0.15, 0.2) is 0 Å². The van der Waals surface area contributed by atoms with E-state index in [4.69, 9.17) is 10.2 Å². The lowest BCUT2D eigenvalue weighted by atomic mass is 10.2. The van der Waals surface area contributed by atoms with Gasteiger partial charge in [0.25, 0.3) is 6.01 Å². The lowest BCUT2D eigenvalue weighted by molar-refractivity contribution is 0.186. The van der Waals surface area contributed by atoms with Crippen molar-refractivity contribution in [3.8, 4) is 0 Å². The third-order valence-electron chi connectivity index (χ3n) is 2.94. The molecule has 0 bridgehead atoms. The second-order valence-corrected chi connectivity index (χ2v) is 4.32. The largest absolute Gasteiger partial charge is 0.427 e. The highest BCUT2D eigenvalue weighted by Crippen LogP contribution is 2.22. The van der Waals surface area contributed by atoms with Crippen LogP contribution < -0.4 is 11.1 Å². The summed E-state index contributed by atoms with van der Waals surface area (Å²) < 4.78 is 5.25. The summed E-state index contributed by atoms with van der Waals surface area (Å²) in [5, 5.41) is 2.95. The number of hydrogen-bond acceptors (Lipinski definition) is 4. The first-order chi connectivity index (χ1) is 7.72. The molecule has 6 heteroatoms. The highest BCUT2D eigenvalue weighted by atomic mass is 16.4. The summed E-state index contributed by atoms with van der Waals surface area (Å²) in [7, 11) is 0. The van der Waals surface area contributed by atoms with Gasteiger partial charge in [-0.25, -0.2) is 4.79 Å². The summed E-state index contributed by atoms with van der Waals surface area (Å²) in [5.41, 5.74) is 6.36. The molecular weight excluding hydrogens is 208 g/mol. The van der Waals surface area contributed by atoms with E-state index < -0.39 is 0 Å². The van der Waals surface area contributed by atoms with Crippen LogP contribution in [0.4, 0.5) is 10.8 Å². The molecule has 2 aliphatic rings. The molecule has 1 aliphatic heterocycles. The fourth-order valence-electron chi connectivity index (χ4n) is 1.88. The van der Waals surface area contributed by atoms with Crippen LogP contribution in [0.1, 0.15) is 24.3 Å². The maximum atomic E-state index is 11.8. The Hall–Kier alpha value is -1.72. The summed E-state index contributed by atoms with van der Waals surface area (Å²) in [6.07, 6.45) is 2.91. The minimum Gasteiger partial charge on any atom is -0.427 e. The van der Waals surface area contributed by atoms with Crippen LogP contribution in [0.2, 0.25) is 0 Å². The van der Waals surface area contributed by atoms with Crippen molar-refractivity contribution in [2.45, 2.75) is 31.8 Å². The second kappa shape index (κ2) is 3.40. The topological polar surface area (TPSA) is 84.4 Å². The molecule has 0 radical (unpaired) electrons.